The monoisotopic (exact) mass is 296 g/mol. The maximum absolute atomic E-state index is 12.0. The number of aryl methyl sites for hydroxylation is 2. The van der Waals surface area contributed by atoms with E-state index in [2.05, 4.69) is 28.3 Å². The molecule has 1 aromatic carbocycles. The Morgan fingerprint density at radius 2 is 2.00 bits per heavy atom. The average Bonchev–Trinajstić information content (AvgIpc) is 3.25. The molecular weight excluding hydrogens is 276 g/mol. The third-order valence-corrected chi connectivity index (χ3v) is 4.85. The second-order valence-corrected chi connectivity index (χ2v) is 6.20. The number of carbonyl (C=O) groups excluding carboxylic acids is 1. The van der Waals surface area contributed by atoms with Gasteiger partial charge in [0.05, 0.1) is 11.7 Å². The standard InChI is InChI=1S/C17H20N4O/c1-12(20-9-3-6-16(20)22)17-18-11-19-21(17)15-8-7-13-4-2-5-14(13)10-15/h7-8,10-12H,2-6,9H2,1H3/t12-/m0/s1. The SMILES string of the molecule is C[C@@H](c1ncnn1-c1ccc2c(c1)CCC2)N1CCCC1=O. The van der Waals surface area contributed by atoms with Gasteiger partial charge in [-0.1, -0.05) is 6.07 Å². The van der Waals surface area contributed by atoms with Crippen molar-refractivity contribution in [1.29, 1.82) is 0 Å². The molecule has 1 atom stereocenters. The molecule has 114 valence electrons. The van der Waals surface area contributed by atoms with Gasteiger partial charge in [-0.3, -0.25) is 4.79 Å². The van der Waals surface area contributed by atoms with Gasteiger partial charge in [-0.2, -0.15) is 5.10 Å². The molecule has 2 aliphatic rings. The van der Waals surface area contributed by atoms with Crippen LogP contribution >= 0.6 is 0 Å². The van der Waals surface area contributed by atoms with Crippen LogP contribution in [-0.4, -0.2) is 32.1 Å². The number of carbonyl (C=O) groups is 1. The van der Waals surface area contributed by atoms with Gasteiger partial charge in [0.25, 0.3) is 0 Å². The van der Waals surface area contributed by atoms with E-state index in [1.54, 1.807) is 6.33 Å². The van der Waals surface area contributed by atoms with Gasteiger partial charge in [-0.05, 0) is 55.9 Å². The summed E-state index contributed by atoms with van der Waals surface area (Å²) in [4.78, 5) is 18.3. The van der Waals surface area contributed by atoms with Crippen LogP contribution in [0.1, 0.15) is 49.2 Å². The molecule has 2 aromatic rings. The number of amides is 1. The van der Waals surface area contributed by atoms with E-state index in [-0.39, 0.29) is 11.9 Å². The lowest BCUT2D eigenvalue weighted by molar-refractivity contribution is -0.129. The Bertz CT molecular complexity index is 721. The van der Waals surface area contributed by atoms with Crippen LogP contribution < -0.4 is 0 Å². The predicted octanol–water partition coefficient (Wildman–Crippen LogP) is 2.44. The lowest BCUT2D eigenvalue weighted by Crippen LogP contribution is -2.29. The van der Waals surface area contributed by atoms with Gasteiger partial charge >= 0.3 is 0 Å². The van der Waals surface area contributed by atoms with E-state index < -0.39 is 0 Å². The summed E-state index contributed by atoms with van der Waals surface area (Å²) in [7, 11) is 0. The topological polar surface area (TPSA) is 51.0 Å². The molecule has 1 aliphatic carbocycles. The minimum Gasteiger partial charge on any atom is -0.333 e. The lowest BCUT2D eigenvalue weighted by atomic mass is 10.1. The minimum absolute atomic E-state index is 0.0363. The predicted molar refractivity (Wildman–Crippen MR) is 82.7 cm³/mol. The maximum Gasteiger partial charge on any atom is 0.223 e. The summed E-state index contributed by atoms with van der Waals surface area (Å²) in [6, 6.07) is 6.50. The number of rotatable bonds is 3. The number of hydrogen-bond donors (Lipinski definition) is 0. The highest BCUT2D eigenvalue weighted by Gasteiger charge is 2.29. The highest BCUT2D eigenvalue weighted by Crippen LogP contribution is 2.28. The zero-order valence-electron chi connectivity index (χ0n) is 12.8. The molecule has 0 N–H and O–H groups in total. The Kier molecular flexibility index (Phi) is 3.21. The second kappa shape index (κ2) is 5.23. The van der Waals surface area contributed by atoms with Crippen LogP contribution in [0.4, 0.5) is 0 Å². The highest BCUT2D eigenvalue weighted by atomic mass is 16.2. The zero-order chi connectivity index (χ0) is 15.1. The van der Waals surface area contributed by atoms with E-state index in [9.17, 15) is 4.79 Å². The number of benzene rings is 1. The van der Waals surface area contributed by atoms with Gasteiger partial charge in [-0.15, -0.1) is 0 Å². The maximum atomic E-state index is 12.0. The van der Waals surface area contributed by atoms with Crippen molar-refractivity contribution in [2.45, 2.75) is 45.1 Å². The van der Waals surface area contributed by atoms with Gasteiger partial charge in [0, 0.05) is 13.0 Å². The summed E-state index contributed by atoms with van der Waals surface area (Å²) < 4.78 is 1.88. The minimum atomic E-state index is -0.0363. The molecule has 1 aliphatic heterocycles. The number of fused-ring (bicyclic) bond motifs is 1. The van der Waals surface area contributed by atoms with E-state index in [4.69, 9.17) is 0 Å². The van der Waals surface area contributed by atoms with Crippen LogP contribution in [0, 0.1) is 0 Å². The molecule has 0 unspecified atom stereocenters. The fourth-order valence-corrected chi connectivity index (χ4v) is 3.64. The molecule has 1 fully saturated rings. The Labute approximate surface area is 130 Å². The van der Waals surface area contributed by atoms with E-state index in [1.165, 1.54) is 24.0 Å². The van der Waals surface area contributed by atoms with Crippen molar-refractivity contribution in [3.8, 4) is 5.69 Å². The molecule has 0 spiro atoms. The largest absolute Gasteiger partial charge is 0.333 e. The van der Waals surface area contributed by atoms with Gasteiger partial charge in [0.15, 0.2) is 5.82 Å². The summed E-state index contributed by atoms with van der Waals surface area (Å²) in [5.74, 6) is 1.06. The highest BCUT2D eigenvalue weighted by molar-refractivity contribution is 5.78. The molecule has 5 nitrogen and oxygen atoms in total. The first-order chi connectivity index (χ1) is 10.7. The molecule has 1 aromatic heterocycles. The number of aromatic nitrogens is 3. The van der Waals surface area contributed by atoms with Crippen LogP contribution in [0.15, 0.2) is 24.5 Å². The summed E-state index contributed by atoms with van der Waals surface area (Å²) >= 11 is 0. The first-order valence-electron chi connectivity index (χ1n) is 8.05. The quantitative estimate of drug-likeness (QED) is 0.874. The first kappa shape index (κ1) is 13.5. The van der Waals surface area contributed by atoms with Gasteiger partial charge in [0.1, 0.15) is 6.33 Å². The van der Waals surface area contributed by atoms with E-state index in [1.807, 2.05) is 16.5 Å². The molecule has 0 radical (unpaired) electrons. The number of hydrogen-bond acceptors (Lipinski definition) is 3. The second-order valence-electron chi connectivity index (χ2n) is 6.20. The summed E-state index contributed by atoms with van der Waals surface area (Å²) in [5.41, 5.74) is 3.92. The first-order valence-corrected chi connectivity index (χ1v) is 8.05. The van der Waals surface area contributed by atoms with Gasteiger partial charge in [0.2, 0.25) is 5.91 Å². The molecular formula is C17H20N4O. The fraction of sp³-hybridized carbons (Fsp3) is 0.471. The number of nitrogens with zero attached hydrogens (tertiary/aromatic N) is 4. The molecule has 0 bridgehead atoms. The van der Waals surface area contributed by atoms with Crippen molar-refractivity contribution in [2.75, 3.05) is 6.54 Å². The molecule has 4 rings (SSSR count). The van der Waals surface area contributed by atoms with Gasteiger partial charge < -0.3 is 4.90 Å². The molecule has 5 heteroatoms. The molecule has 22 heavy (non-hydrogen) atoms. The zero-order valence-corrected chi connectivity index (χ0v) is 12.8. The summed E-state index contributed by atoms with van der Waals surface area (Å²) in [5, 5.41) is 4.40. The Morgan fingerprint density at radius 3 is 2.82 bits per heavy atom. The van der Waals surface area contributed by atoms with Crippen LogP contribution in [-0.2, 0) is 17.6 Å². The third-order valence-electron chi connectivity index (χ3n) is 4.85. The summed E-state index contributed by atoms with van der Waals surface area (Å²) in [6.45, 7) is 2.86. The van der Waals surface area contributed by atoms with E-state index >= 15 is 0 Å². The van der Waals surface area contributed by atoms with Crippen molar-refractivity contribution in [3.63, 3.8) is 0 Å². The van der Waals surface area contributed by atoms with Crippen LogP contribution in [0.25, 0.3) is 5.69 Å². The summed E-state index contributed by atoms with van der Waals surface area (Å²) in [6.07, 6.45) is 6.74. The molecule has 1 saturated heterocycles. The smallest absolute Gasteiger partial charge is 0.223 e. The fourth-order valence-electron chi connectivity index (χ4n) is 3.64. The normalized spacial score (nSPS) is 18.8. The van der Waals surface area contributed by atoms with Crippen molar-refractivity contribution in [2.24, 2.45) is 0 Å². The lowest BCUT2D eigenvalue weighted by Gasteiger charge is -2.23. The van der Waals surface area contributed by atoms with E-state index in [0.717, 1.165) is 30.9 Å². The van der Waals surface area contributed by atoms with Crippen molar-refractivity contribution in [1.82, 2.24) is 19.7 Å². The average molecular weight is 296 g/mol. The van der Waals surface area contributed by atoms with Crippen LogP contribution in [0.5, 0.6) is 0 Å². The molecule has 0 saturated carbocycles. The van der Waals surface area contributed by atoms with Crippen molar-refractivity contribution < 1.29 is 4.79 Å². The third kappa shape index (κ3) is 2.12. The Morgan fingerprint density at radius 1 is 1.14 bits per heavy atom. The van der Waals surface area contributed by atoms with Gasteiger partial charge in [-0.25, -0.2) is 9.67 Å². The van der Waals surface area contributed by atoms with Crippen LogP contribution in [0.3, 0.4) is 0 Å². The van der Waals surface area contributed by atoms with E-state index in [0.29, 0.717) is 6.42 Å². The van der Waals surface area contributed by atoms with Crippen molar-refractivity contribution >= 4 is 5.91 Å². The molecule has 2 heterocycles. The van der Waals surface area contributed by atoms with Crippen LogP contribution in [0.2, 0.25) is 0 Å². The van der Waals surface area contributed by atoms with Crippen molar-refractivity contribution in [3.05, 3.63) is 41.5 Å². The molecule has 1 amide bonds. The Balaban J connectivity index is 1.69. The number of likely N-dealkylation sites (tertiary alicyclic amines) is 1. The Hall–Kier alpha value is -2.17.